The van der Waals surface area contributed by atoms with Crippen molar-refractivity contribution in [3.8, 4) is 0 Å². The molecule has 0 fully saturated rings. The molecule has 0 bridgehead atoms. The summed E-state index contributed by atoms with van der Waals surface area (Å²) in [7, 11) is -9.92. The molecule has 0 rings (SSSR count). The monoisotopic (exact) mass is 1490 g/mol. The predicted molar refractivity (Wildman–Crippen MR) is 418 cm³/mol. The molecule has 0 aliphatic heterocycles. The summed E-state index contributed by atoms with van der Waals surface area (Å²) in [6.07, 6.45) is 67.8. The van der Waals surface area contributed by atoms with Crippen LogP contribution in [0.2, 0.25) is 0 Å². The third-order valence-electron chi connectivity index (χ3n) is 19.9. The van der Waals surface area contributed by atoms with Crippen molar-refractivity contribution in [1.29, 1.82) is 0 Å². The fourth-order valence-electron chi connectivity index (χ4n) is 12.9. The predicted octanol–water partition coefficient (Wildman–Crippen LogP) is 25.2. The third kappa shape index (κ3) is 74.9. The van der Waals surface area contributed by atoms with Gasteiger partial charge in [0, 0.05) is 25.7 Å². The first-order valence-electron chi connectivity index (χ1n) is 43.2. The Morgan fingerprint density at radius 3 is 0.696 bits per heavy atom. The molecule has 0 aromatic rings. The summed E-state index contributed by atoms with van der Waals surface area (Å²) in [5.41, 5.74) is 0. The van der Waals surface area contributed by atoms with Crippen LogP contribution in [0.15, 0.2) is 0 Å². The van der Waals surface area contributed by atoms with Crippen LogP contribution >= 0.6 is 15.6 Å². The van der Waals surface area contributed by atoms with Crippen molar-refractivity contribution >= 4 is 39.5 Å². The zero-order valence-corrected chi connectivity index (χ0v) is 68.5. The molecule has 3 N–H and O–H groups in total. The Balaban J connectivity index is 5.23. The number of unbranched alkanes of at least 4 members (excludes halogenated alkanes) is 54. The lowest BCUT2D eigenvalue weighted by Crippen LogP contribution is -2.30. The standard InChI is InChI=1S/C83H162O17P2/c1-6-10-13-16-19-22-25-28-29-30-31-32-33-34-39-44-49-54-59-64-69-83(88)100-79(73-94-81(86)67-62-57-52-47-43-38-36-35-37-40-45-50-55-60-65-76(5)9-4)75-98-102(91,92)96-71-77(84)70-95-101(89,90)97-74-78(99-82(87)68-63-58-53-48-42-27-24-21-18-15-12-8-3)72-93-80(85)66-61-56-51-46-41-26-23-20-17-14-11-7-2/h76-79,84H,6-75H2,1-5H3,(H,89,90)(H,91,92)/t76?,77-,78+,79+/m0/s1. The second-order valence-corrected chi connectivity index (χ2v) is 33.0. The van der Waals surface area contributed by atoms with Gasteiger partial charge >= 0.3 is 39.5 Å². The van der Waals surface area contributed by atoms with E-state index in [2.05, 4.69) is 34.6 Å². The van der Waals surface area contributed by atoms with Gasteiger partial charge < -0.3 is 33.8 Å². The molecule has 606 valence electrons. The van der Waals surface area contributed by atoms with Crippen LogP contribution in [0.5, 0.6) is 0 Å². The van der Waals surface area contributed by atoms with E-state index in [1.807, 2.05) is 0 Å². The Hall–Kier alpha value is -1.94. The van der Waals surface area contributed by atoms with E-state index >= 15 is 0 Å². The lowest BCUT2D eigenvalue weighted by molar-refractivity contribution is -0.161. The van der Waals surface area contributed by atoms with Crippen LogP contribution in [0, 0.1) is 5.92 Å². The quantitative estimate of drug-likeness (QED) is 0.0222. The molecule has 0 amide bonds. The average Bonchev–Trinajstić information content (AvgIpc) is 0.957. The first-order chi connectivity index (χ1) is 49.6. The Morgan fingerprint density at radius 1 is 0.275 bits per heavy atom. The van der Waals surface area contributed by atoms with Crippen molar-refractivity contribution in [2.24, 2.45) is 5.92 Å². The molecule has 19 heteroatoms. The summed E-state index contributed by atoms with van der Waals surface area (Å²) in [4.78, 5) is 73.1. The highest BCUT2D eigenvalue weighted by atomic mass is 31.2. The molecule has 0 aromatic carbocycles. The number of ether oxygens (including phenoxy) is 4. The van der Waals surface area contributed by atoms with E-state index in [0.29, 0.717) is 25.7 Å². The number of aliphatic hydroxyl groups is 1. The van der Waals surface area contributed by atoms with Gasteiger partial charge in [-0.1, -0.05) is 394 Å². The van der Waals surface area contributed by atoms with Crippen molar-refractivity contribution in [3.63, 3.8) is 0 Å². The van der Waals surface area contributed by atoms with E-state index in [1.54, 1.807) is 0 Å². The summed E-state index contributed by atoms with van der Waals surface area (Å²) in [6, 6.07) is 0. The van der Waals surface area contributed by atoms with Crippen molar-refractivity contribution in [3.05, 3.63) is 0 Å². The minimum atomic E-state index is -4.96. The molecule has 0 spiro atoms. The van der Waals surface area contributed by atoms with Gasteiger partial charge in [-0.2, -0.15) is 0 Å². The van der Waals surface area contributed by atoms with Crippen molar-refractivity contribution in [2.45, 2.75) is 464 Å². The number of aliphatic hydroxyl groups excluding tert-OH is 1. The normalized spacial score (nSPS) is 14.1. The molecule has 0 saturated carbocycles. The molecule has 0 aromatic heterocycles. The van der Waals surface area contributed by atoms with Gasteiger partial charge in [0.15, 0.2) is 12.2 Å². The van der Waals surface area contributed by atoms with Gasteiger partial charge in [-0.3, -0.25) is 37.3 Å². The zero-order valence-electron chi connectivity index (χ0n) is 66.8. The maximum Gasteiger partial charge on any atom is 0.472 e. The van der Waals surface area contributed by atoms with Gasteiger partial charge in [-0.05, 0) is 31.6 Å². The van der Waals surface area contributed by atoms with E-state index in [1.165, 1.54) is 270 Å². The zero-order chi connectivity index (χ0) is 74.8. The summed E-state index contributed by atoms with van der Waals surface area (Å²) < 4.78 is 68.8. The van der Waals surface area contributed by atoms with Crippen LogP contribution in [0.3, 0.4) is 0 Å². The molecule has 0 saturated heterocycles. The van der Waals surface area contributed by atoms with E-state index in [0.717, 1.165) is 95.8 Å². The molecule has 17 nitrogen and oxygen atoms in total. The molecule has 102 heavy (non-hydrogen) atoms. The lowest BCUT2D eigenvalue weighted by atomic mass is 9.99. The van der Waals surface area contributed by atoms with Crippen molar-refractivity contribution in [2.75, 3.05) is 39.6 Å². The number of phosphoric acid groups is 2. The van der Waals surface area contributed by atoms with E-state index in [4.69, 9.17) is 37.0 Å². The van der Waals surface area contributed by atoms with Crippen molar-refractivity contribution in [1.82, 2.24) is 0 Å². The van der Waals surface area contributed by atoms with Crippen LogP contribution in [0.1, 0.15) is 446 Å². The molecule has 0 radical (unpaired) electrons. The first-order valence-corrected chi connectivity index (χ1v) is 46.2. The van der Waals surface area contributed by atoms with Crippen LogP contribution in [-0.4, -0.2) is 96.7 Å². The van der Waals surface area contributed by atoms with Crippen LogP contribution in [0.4, 0.5) is 0 Å². The number of phosphoric ester groups is 2. The van der Waals surface area contributed by atoms with Crippen molar-refractivity contribution < 1.29 is 80.2 Å². The number of hydrogen-bond donors (Lipinski definition) is 3. The van der Waals surface area contributed by atoms with E-state index in [-0.39, 0.29) is 25.7 Å². The van der Waals surface area contributed by atoms with E-state index in [9.17, 15) is 43.2 Å². The second-order valence-electron chi connectivity index (χ2n) is 30.1. The van der Waals surface area contributed by atoms with Gasteiger partial charge in [0.25, 0.3) is 0 Å². The SMILES string of the molecule is CCCCCCCCCCCCCCCCCCCCCCC(=O)O[C@H](COC(=O)CCCCCCCCCCCCCCCCC(C)CC)COP(=O)(O)OC[C@@H](O)COP(=O)(O)OC[C@@H](COC(=O)CCCCCCCCCCCCCC)OC(=O)CCCCCCCCCCCCCC. The second kappa shape index (κ2) is 75.9. The Labute approximate surface area is 626 Å². The highest BCUT2D eigenvalue weighted by molar-refractivity contribution is 7.47. The molecular formula is C83H162O17P2. The highest BCUT2D eigenvalue weighted by Gasteiger charge is 2.30. The highest BCUT2D eigenvalue weighted by Crippen LogP contribution is 2.45. The molecule has 6 atom stereocenters. The summed E-state index contributed by atoms with van der Waals surface area (Å²) >= 11 is 0. The van der Waals surface area contributed by atoms with Gasteiger partial charge in [0.1, 0.15) is 19.3 Å². The smallest absolute Gasteiger partial charge is 0.462 e. The number of rotatable bonds is 83. The third-order valence-corrected chi connectivity index (χ3v) is 21.8. The Morgan fingerprint density at radius 2 is 0.471 bits per heavy atom. The number of carbonyl (C=O) groups excluding carboxylic acids is 4. The van der Waals surface area contributed by atoms with Gasteiger partial charge in [-0.15, -0.1) is 0 Å². The Kier molecular flexibility index (Phi) is 74.4. The first kappa shape index (κ1) is 100. The number of hydrogen-bond acceptors (Lipinski definition) is 15. The van der Waals surface area contributed by atoms with Gasteiger partial charge in [0.2, 0.25) is 0 Å². The lowest BCUT2D eigenvalue weighted by Gasteiger charge is -2.21. The maximum absolute atomic E-state index is 13.1. The molecule has 3 unspecified atom stereocenters. The largest absolute Gasteiger partial charge is 0.472 e. The number of carbonyl (C=O) groups is 4. The molecule has 0 aliphatic carbocycles. The summed E-state index contributed by atoms with van der Waals surface area (Å²) in [5.74, 6) is -1.25. The molecule has 0 heterocycles. The fraction of sp³-hybridized carbons (Fsp3) is 0.952. The van der Waals surface area contributed by atoms with Crippen LogP contribution < -0.4 is 0 Å². The topological polar surface area (TPSA) is 237 Å². The van der Waals surface area contributed by atoms with Gasteiger partial charge in [0.05, 0.1) is 26.4 Å². The minimum Gasteiger partial charge on any atom is -0.462 e. The molecular weight excluding hydrogens is 1330 g/mol. The minimum absolute atomic E-state index is 0.108. The average molecular weight is 1490 g/mol. The maximum atomic E-state index is 13.1. The fourth-order valence-corrected chi connectivity index (χ4v) is 14.5. The molecule has 0 aliphatic rings. The van der Waals surface area contributed by atoms with E-state index < -0.39 is 97.5 Å². The summed E-state index contributed by atoms with van der Waals surface area (Å²) in [5, 5.41) is 10.7. The van der Waals surface area contributed by atoms with Gasteiger partial charge in [-0.25, -0.2) is 9.13 Å². The summed E-state index contributed by atoms with van der Waals surface area (Å²) in [6.45, 7) is 7.40. The number of esters is 4. The van der Waals surface area contributed by atoms with Crippen LogP contribution in [-0.2, 0) is 65.4 Å². The Bertz CT molecular complexity index is 1950. The van der Waals surface area contributed by atoms with Crippen LogP contribution in [0.25, 0.3) is 0 Å².